The van der Waals surface area contributed by atoms with Crippen LogP contribution in [0.25, 0.3) is 0 Å². The van der Waals surface area contributed by atoms with E-state index in [4.69, 9.17) is 5.73 Å². The fraction of sp³-hybridized carbons (Fsp3) is 0.769. The Bertz CT molecular complexity index is 274. The second-order valence-corrected chi connectivity index (χ2v) is 5.02. The largest absolute Gasteiger partial charge is 0.319 e. The first-order valence-corrected chi connectivity index (χ1v) is 6.25. The van der Waals surface area contributed by atoms with Crippen molar-refractivity contribution in [2.45, 2.75) is 63.3 Å². The summed E-state index contributed by atoms with van der Waals surface area (Å²) in [6, 6.07) is 0. The van der Waals surface area contributed by atoms with Gasteiger partial charge in [-0.3, -0.25) is 4.79 Å². The predicted molar refractivity (Wildman–Crippen MR) is 61.6 cm³/mol. The van der Waals surface area contributed by atoms with Gasteiger partial charge in [-0.2, -0.15) is 0 Å². The first-order valence-electron chi connectivity index (χ1n) is 6.25. The molecule has 0 heterocycles. The monoisotopic (exact) mass is 207 g/mol. The molecule has 15 heavy (non-hydrogen) atoms. The van der Waals surface area contributed by atoms with Gasteiger partial charge in [-0.15, -0.1) is 0 Å². The number of nitrogens with two attached hydrogens (primary N) is 1. The number of hydrogen-bond acceptors (Lipinski definition) is 2. The molecule has 0 aliphatic heterocycles. The minimum Gasteiger partial charge on any atom is -0.319 e. The van der Waals surface area contributed by atoms with E-state index in [9.17, 15) is 4.79 Å². The van der Waals surface area contributed by atoms with Gasteiger partial charge in [0.15, 0.2) is 5.78 Å². The average Bonchev–Trinajstić information content (AvgIpc) is 2.30. The first-order chi connectivity index (χ1) is 7.22. The van der Waals surface area contributed by atoms with E-state index in [1.807, 2.05) is 0 Å². The average molecular weight is 207 g/mol. The molecule has 0 radical (unpaired) electrons. The predicted octanol–water partition coefficient (Wildman–Crippen LogP) is 2.72. The number of carbonyl (C=O) groups excluding carboxylic acids is 1. The molecule has 2 aliphatic rings. The van der Waals surface area contributed by atoms with Crippen LogP contribution in [0.15, 0.2) is 11.6 Å². The van der Waals surface area contributed by atoms with E-state index in [2.05, 4.69) is 6.08 Å². The van der Waals surface area contributed by atoms with Crippen LogP contribution >= 0.6 is 0 Å². The molecule has 0 atom stereocenters. The summed E-state index contributed by atoms with van der Waals surface area (Å²) in [6.07, 6.45) is 11.8. The lowest BCUT2D eigenvalue weighted by molar-refractivity contribution is -0.121. The van der Waals surface area contributed by atoms with Gasteiger partial charge in [-0.1, -0.05) is 25.3 Å². The van der Waals surface area contributed by atoms with E-state index in [-0.39, 0.29) is 5.78 Å². The number of allylic oxidation sites excluding steroid dienone is 1. The fourth-order valence-electron chi connectivity index (χ4n) is 2.77. The molecule has 2 N–H and O–H groups in total. The summed E-state index contributed by atoms with van der Waals surface area (Å²) in [4.78, 5) is 12.3. The normalized spacial score (nSPS) is 25.8. The maximum Gasteiger partial charge on any atom is 0.178 e. The number of ketones is 1. The molecule has 0 spiro atoms. The number of Topliss-reactive ketones (excluding diaryl/α,β-unsaturated/α-hetero) is 1. The first kappa shape index (κ1) is 10.9. The van der Waals surface area contributed by atoms with Gasteiger partial charge < -0.3 is 5.73 Å². The summed E-state index contributed by atoms with van der Waals surface area (Å²) < 4.78 is 0. The topological polar surface area (TPSA) is 43.1 Å². The second kappa shape index (κ2) is 4.48. The molecule has 0 amide bonds. The van der Waals surface area contributed by atoms with E-state index in [1.54, 1.807) is 0 Å². The quantitative estimate of drug-likeness (QED) is 0.756. The van der Waals surface area contributed by atoms with Crippen molar-refractivity contribution >= 4 is 5.78 Å². The summed E-state index contributed by atoms with van der Waals surface area (Å²) in [5.41, 5.74) is 6.75. The molecular formula is C13H21NO. The van der Waals surface area contributed by atoms with Crippen molar-refractivity contribution < 1.29 is 4.79 Å². The van der Waals surface area contributed by atoms with E-state index < -0.39 is 5.54 Å². The van der Waals surface area contributed by atoms with Crippen LogP contribution in [0.5, 0.6) is 0 Å². The molecule has 0 bridgehead atoms. The van der Waals surface area contributed by atoms with Crippen molar-refractivity contribution in [2.24, 2.45) is 5.73 Å². The van der Waals surface area contributed by atoms with Crippen LogP contribution in [-0.4, -0.2) is 11.3 Å². The molecule has 1 saturated carbocycles. The van der Waals surface area contributed by atoms with E-state index in [0.717, 1.165) is 50.5 Å². The maximum absolute atomic E-state index is 12.3. The fourth-order valence-corrected chi connectivity index (χ4v) is 2.77. The minimum atomic E-state index is -0.512. The van der Waals surface area contributed by atoms with Gasteiger partial charge in [0.05, 0.1) is 5.54 Å². The van der Waals surface area contributed by atoms with E-state index in [1.165, 1.54) is 12.8 Å². The zero-order valence-corrected chi connectivity index (χ0v) is 9.43. The number of carbonyl (C=O) groups is 1. The summed E-state index contributed by atoms with van der Waals surface area (Å²) in [5.74, 6) is 0.252. The SMILES string of the molecule is NC1(C(=O)C2=CCCCC2)CCCCC1. The van der Waals surface area contributed by atoms with Crippen LogP contribution in [-0.2, 0) is 4.79 Å². The third-order valence-electron chi connectivity index (χ3n) is 3.78. The standard InChI is InChI=1S/C13H21NO/c14-13(9-5-2-6-10-13)12(15)11-7-3-1-4-8-11/h7H,1-6,8-10,14H2. The van der Waals surface area contributed by atoms with Crippen molar-refractivity contribution in [3.8, 4) is 0 Å². The highest BCUT2D eigenvalue weighted by Gasteiger charge is 2.36. The van der Waals surface area contributed by atoms with E-state index >= 15 is 0 Å². The molecule has 2 heteroatoms. The Morgan fingerprint density at radius 2 is 1.87 bits per heavy atom. The Kier molecular flexibility index (Phi) is 3.25. The second-order valence-electron chi connectivity index (χ2n) is 5.02. The van der Waals surface area contributed by atoms with E-state index in [0.29, 0.717) is 0 Å². The van der Waals surface area contributed by atoms with Crippen molar-refractivity contribution in [1.29, 1.82) is 0 Å². The molecule has 2 nitrogen and oxygen atoms in total. The number of rotatable bonds is 2. The van der Waals surface area contributed by atoms with Gasteiger partial charge in [-0.05, 0) is 44.1 Å². The maximum atomic E-state index is 12.3. The van der Waals surface area contributed by atoms with Crippen LogP contribution in [0.3, 0.4) is 0 Å². The lowest BCUT2D eigenvalue weighted by Gasteiger charge is -2.33. The molecule has 0 saturated heterocycles. The summed E-state index contributed by atoms with van der Waals surface area (Å²) >= 11 is 0. The van der Waals surface area contributed by atoms with Gasteiger partial charge >= 0.3 is 0 Å². The van der Waals surface area contributed by atoms with Crippen LogP contribution in [0, 0.1) is 0 Å². The molecule has 0 aromatic rings. The Labute approximate surface area is 91.9 Å². The van der Waals surface area contributed by atoms with Crippen LogP contribution < -0.4 is 5.73 Å². The smallest absolute Gasteiger partial charge is 0.178 e. The molecule has 0 aromatic carbocycles. The summed E-state index contributed by atoms with van der Waals surface area (Å²) in [5, 5.41) is 0. The Morgan fingerprint density at radius 1 is 1.13 bits per heavy atom. The van der Waals surface area contributed by atoms with Crippen molar-refractivity contribution in [3.63, 3.8) is 0 Å². The van der Waals surface area contributed by atoms with Gasteiger partial charge in [0.25, 0.3) is 0 Å². The molecule has 0 unspecified atom stereocenters. The van der Waals surface area contributed by atoms with Crippen LogP contribution in [0.1, 0.15) is 57.8 Å². The van der Waals surface area contributed by atoms with Crippen LogP contribution in [0.2, 0.25) is 0 Å². The molecule has 84 valence electrons. The molecular weight excluding hydrogens is 186 g/mol. The summed E-state index contributed by atoms with van der Waals surface area (Å²) in [7, 11) is 0. The zero-order chi connectivity index (χ0) is 10.7. The van der Waals surface area contributed by atoms with Gasteiger partial charge in [-0.25, -0.2) is 0 Å². The molecule has 1 fully saturated rings. The van der Waals surface area contributed by atoms with Crippen LogP contribution in [0.4, 0.5) is 0 Å². The summed E-state index contributed by atoms with van der Waals surface area (Å²) in [6.45, 7) is 0. The lowest BCUT2D eigenvalue weighted by Crippen LogP contribution is -2.50. The Morgan fingerprint density at radius 3 is 2.47 bits per heavy atom. The Balaban J connectivity index is 2.08. The van der Waals surface area contributed by atoms with Crippen molar-refractivity contribution in [3.05, 3.63) is 11.6 Å². The van der Waals surface area contributed by atoms with Gasteiger partial charge in [0, 0.05) is 0 Å². The third-order valence-corrected chi connectivity index (χ3v) is 3.78. The van der Waals surface area contributed by atoms with Crippen molar-refractivity contribution in [1.82, 2.24) is 0 Å². The highest BCUT2D eigenvalue weighted by atomic mass is 16.1. The van der Waals surface area contributed by atoms with Gasteiger partial charge in [0.2, 0.25) is 0 Å². The van der Waals surface area contributed by atoms with Crippen molar-refractivity contribution in [2.75, 3.05) is 0 Å². The number of hydrogen-bond donors (Lipinski definition) is 1. The molecule has 0 aromatic heterocycles. The lowest BCUT2D eigenvalue weighted by atomic mass is 9.75. The highest BCUT2D eigenvalue weighted by Crippen LogP contribution is 2.31. The highest BCUT2D eigenvalue weighted by molar-refractivity contribution is 6.02. The third kappa shape index (κ3) is 2.31. The molecule has 2 aliphatic carbocycles. The molecule has 2 rings (SSSR count). The zero-order valence-electron chi connectivity index (χ0n) is 9.43. The Hall–Kier alpha value is -0.630. The van der Waals surface area contributed by atoms with Gasteiger partial charge in [0.1, 0.15) is 0 Å². The minimum absolute atomic E-state index is 0.252.